The molecule has 1 aliphatic rings. The first-order chi connectivity index (χ1) is 11.3. The Morgan fingerprint density at radius 1 is 1.30 bits per heavy atom. The molecule has 0 unspecified atom stereocenters. The first-order valence-corrected chi connectivity index (χ1v) is 10.1. The number of ether oxygens (including phenoxy) is 1. The Balaban J connectivity index is 1.58. The average Bonchev–Trinajstić information content (AvgIpc) is 2.56. The Bertz CT molecular complexity index is 476. The zero-order valence-electron chi connectivity index (χ0n) is 14.0. The highest BCUT2D eigenvalue weighted by Crippen LogP contribution is 2.28. The van der Waals surface area contributed by atoms with Crippen LogP contribution in [0, 0.1) is 0 Å². The van der Waals surface area contributed by atoms with Crippen LogP contribution in [0.3, 0.4) is 0 Å². The lowest BCUT2D eigenvalue weighted by atomic mass is 10.0. The molecule has 0 bridgehead atoms. The maximum Gasteiger partial charge on any atom is 0.170 e. The van der Waals surface area contributed by atoms with Crippen LogP contribution in [-0.2, 0) is 0 Å². The van der Waals surface area contributed by atoms with Crippen molar-refractivity contribution in [3.8, 4) is 5.75 Å². The molecule has 1 aliphatic carbocycles. The summed E-state index contributed by atoms with van der Waals surface area (Å²) in [6.45, 7) is 3.58. The molecular weight excluding hydrogens is 324 g/mol. The van der Waals surface area contributed by atoms with Gasteiger partial charge < -0.3 is 15.4 Å². The SMILES string of the molecule is CCOc1cccc(NC(=S)NCCCSC2CCCCC2)c1. The summed E-state index contributed by atoms with van der Waals surface area (Å²) in [6.07, 6.45) is 8.25. The fourth-order valence-electron chi connectivity index (χ4n) is 2.76. The molecule has 0 atom stereocenters. The van der Waals surface area contributed by atoms with Gasteiger partial charge in [0.2, 0.25) is 0 Å². The van der Waals surface area contributed by atoms with Crippen molar-refractivity contribution in [1.82, 2.24) is 5.32 Å². The topological polar surface area (TPSA) is 33.3 Å². The van der Waals surface area contributed by atoms with E-state index in [0.717, 1.165) is 29.7 Å². The molecule has 1 saturated carbocycles. The molecule has 1 fully saturated rings. The first-order valence-electron chi connectivity index (χ1n) is 8.67. The van der Waals surface area contributed by atoms with Gasteiger partial charge in [-0.05, 0) is 56.3 Å². The molecule has 0 saturated heterocycles. The highest BCUT2D eigenvalue weighted by Gasteiger charge is 2.12. The van der Waals surface area contributed by atoms with Gasteiger partial charge in [0.15, 0.2) is 5.11 Å². The van der Waals surface area contributed by atoms with Crippen LogP contribution in [0.5, 0.6) is 5.75 Å². The zero-order valence-corrected chi connectivity index (χ0v) is 15.6. The summed E-state index contributed by atoms with van der Waals surface area (Å²) in [6, 6.07) is 7.89. The van der Waals surface area contributed by atoms with Crippen LogP contribution < -0.4 is 15.4 Å². The number of thioether (sulfide) groups is 1. The average molecular weight is 353 g/mol. The van der Waals surface area contributed by atoms with E-state index in [1.54, 1.807) is 0 Å². The highest BCUT2D eigenvalue weighted by molar-refractivity contribution is 7.99. The van der Waals surface area contributed by atoms with Crippen molar-refractivity contribution in [2.24, 2.45) is 0 Å². The maximum atomic E-state index is 5.49. The van der Waals surface area contributed by atoms with Crippen molar-refractivity contribution in [3.05, 3.63) is 24.3 Å². The predicted molar refractivity (Wildman–Crippen MR) is 106 cm³/mol. The molecule has 23 heavy (non-hydrogen) atoms. The minimum Gasteiger partial charge on any atom is -0.494 e. The van der Waals surface area contributed by atoms with E-state index in [1.807, 2.05) is 31.2 Å². The first kappa shape index (κ1) is 18.4. The number of thiocarbonyl (C=S) groups is 1. The van der Waals surface area contributed by atoms with E-state index < -0.39 is 0 Å². The summed E-state index contributed by atoms with van der Waals surface area (Å²) in [4.78, 5) is 0. The van der Waals surface area contributed by atoms with Gasteiger partial charge in [-0.25, -0.2) is 0 Å². The van der Waals surface area contributed by atoms with E-state index in [9.17, 15) is 0 Å². The Labute approximate surface area is 150 Å². The van der Waals surface area contributed by atoms with E-state index in [1.165, 1.54) is 37.9 Å². The quantitative estimate of drug-likeness (QED) is 0.517. The molecule has 5 heteroatoms. The number of anilines is 1. The van der Waals surface area contributed by atoms with Crippen molar-refractivity contribution in [3.63, 3.8) is 0 Å². The Hall–Kier alpha value is -0.940. The predicted octanol–water partition coefficient (Wildman–Crippen LogP) is 4.83. The Kier molecular flexibility index (Phi) is 8.61. The molecule has 0 aliphatic heterocycles. The van der Waals surface area contributed by atoms with Crippen LogP contribution in [0.1, 0.15) is 45.4 Å². The molecule has 0 radical (unpaired) electrons. The maximum absolute atomic E-state index is 5.49. The smallest absolute Gasteiger partial charge is 0.170 e. The number of nitrogens with one attached hydrogen (secondary N) is 2. The fourth-order valence-corrected chi connectivity index (χ4v) is 4.29. The molecule has 128 valence electrons. The lowest BCUT2D eigenvalue weighted by Gasteiger charge is -2.20. The van der Waals surface area contributed by atoms with Crippen LogP contribution in [0.4, 0.5) is 5.69 Å². The number of rotatable bonds is 8. The van der Waals surface area contributed by atoms with E-state index in [-0.39, 0.29) is 0 Å². The molecule has 2 rings (SSSR count). The van der Waals surface area contributed by atoms with Gasteiger partial charge >= 0.3 is 0 Å². The van der Waals surface area contributed by atoms with Crippen LogP contribution in [0.25, 0.3) is 0 Å². The molecule has 2 N–H and O–H groups in total. The van der Waals surface area contributed by atoms with Gasteiger partial charge in [-0.15, -0.1) is 0 Å². The molecular formula is C18H28N2OS2. The standard InChI is InChI=1S/C18H28N2OS2/c1-2-21-16-9-6-8-15(14-16)20-18(22)19-12-7-13-23-17-10-4-3-5-11-17/h6,8-9,14,17H,2-5,7,10-13H2,1H3,(H2,19,20,22). The second-order valence-electron chi connectivity index (χ2n) is 5.83. The minimum absolute atomic E-state index is 0.671. The third-order valence-electron chi connectivity index (χ3n) is 3.92. The molecule has 0 heterocycles. The van der Waals surface area contributed by atoms with Crippen molar-refractivity contribution < 1.29 is 4.74 Å². The molecule has 1 aromatic carbocycles. The van der Waals surface area contributed by atoms with Gasteiger partial charge in [0.25, 0.3) is 0 Å². The van der Waals surface area contributed by atoms with Crippen LogP contribution in [0.15, 0.2) is 24.3 Å². The zero-order chi connectivity index (χ0) is 16.3. The van der Waals surface area contributed by atoms with E-state index in [4.69, 9.17) is 17.0 Å². The van der Waals surface area contributed by atoms with Crippen molar-refractivity contribution in [2.75, 3.05) is 24.2 Å². The number of hydrogen-bond donors (Lipinski definition) is 2. The number of hydrogen-bond acceptors (Lipinski definition) is 3. The molecule has 0 amide bonds. The lowest BCUT2D eigenvalue weighted by molar-refractivity contribution is 0.340. The molecule has 0 spiro atoms. The van der Waals surface area contributed by atoms with Gasteiger partial charge in [-0.3, -0.25) is 0 Å². The highest BCUT2D eigenvalue weighted by atomic mass is 32.2. The molecule has 3 nitrogen and oxygen atoms in total. The Morgan fingerprint density at radius 3 is 2.91 bits per heavy atom. The Morgan fingerprint density at radius 2 is 2.13 bits per heavy atom. The summed E-state index contributed by atoms with van der Waals surface area (Å²) >= 11 is 7.49. The van der Waals surface area contributed by atoms with Gasteiger partial charge in [0.1, 0.15) is 5.75 Å². The van der Waals surface area contributed by atoms with E-state index in [0.29, 0.717) is 11.7 Å². The monoisotopic (exact) mass is 352 g/mol. The molecule has 1 aromatic rings. The van der Waals surface area contributed by atoms with Gasteiger partial charge in [0.05, 0.1) is 6.61 Å². The van der Waals surface area contributed by atoms with E-state index >= 15 is 0 Å². The normalized spacial score (nSPS) is 15.2. The second kappa shape index (κ2) is 10.8. The van der Waals surface area contributed by atoms with Crippen LogP contribution in [0.2, 0.25) is 0 Å². The van der Waals surface area contributed by atoms with Gasteiger partial charge in [-0.2, -0.15) is 11.8 Å². The van der Waals surface area contributed by atoms with Crippen molar-refractivity contribution in [1.29, 1.82) is 0 Å². The van der Waals surface area contributed by atoms with Crippen LogP contribution >= 0.6 is 24.0 Å². The summed E-state index contributed by atoms with van der Waals surface area (Å²) in [5, 5.41) is 8.08. The third-order valence-corrected chi connectivity index (χ3v) is 5.63. The van der Waals surface area contributed by atoms with Gasteiger partial charge in [0, 0.05) is 23.5 Å². The summed E-state index contributed by atoms with van der Waals surface area (Å²) in [7, 11) is 0. The van der Waals surface area contributed by atoms with Crippen LogP contribution in [-0.4, -0.2) is 29.3 Å². The van der Waals surface area contributed by atoms with Crippen molar-refractivity contribution in [2.45, 2.75) is 50.7 Å². The number of benzene rings is 1. The van der Waals surface area contributed by atoms with E-state index in [2.05, 4.69) is 22.4 Å². The molecule has 0 aromatic heterocycles. The second-order valence-corrected chi connectivity index (χ2v) is 7.64. The summed E-state index contributed by atoms with van der Waals surface area (Å²) in [5.41, 5.74) is 0.963. The van der Waals surface area contributed by atoms with Gasteiger partial charge in [-0.1, -0.05) is 25.3 Å². The minimum atomic E-state index is 0.671. The third kappa shape index (κ3) is 7.44. The largest absolute Gasteiger partial charge is 0.494 e. The summed E-state index contributed by atoms with van der Waals surface area (Å²) in [5.74, 6) is 2.09. The summed E-state index contributed by atoms with van der Waals surface area (Å²) < 4.78 is 5.49. The lowest BCUT2D eigenvalue weighted by Crippen LogP contribution is -2.29. The fraction of sp³-hybridized carbons (Fsp3) is 0.611. The van der Waals surface area contributed by atoms with Crippen molar-refractivity contribution >= 4 is 34.8 Å².